The number of benzene rings is 1. The third-order valence-electron chi connectivity index (χ3n) is 1.42. The largest absolute Gasteiger partial charge is 0.573 e. The molecular weight excluding hydrogens is 213 g/mol. The van der Waals surface area contributed by atoms with Crippen molar-refractivity contribution in [2.75, 3.05) is 7.11 Å². The van der Waals surface area contributed by atoms with Gasteiger partial charge in [-0.25, -0.2) is 4.79 Å². The van der Waals surface area contributed by atoms with Gasteiger partial charge in [0.25, 0.3) is 0 Å². The van der Waals surface area contributed by atoms with Crippen LogP contribution in [-0.4, -0.2) is 19.4 Å². The van der Waals surface area contributed by atoms with Gasteiger partial charge in [-0.3, -0.25) is 0 Å². The average molecular weight is 219 g/mol. The van der Waals surface area contributed by atoms with E-state index in [0.717, 1.165) is 19.2 Å². The first-order valence-electron chi connectivity index (χ1n) is 3.77. The van der Waals surface area contributed by atoms with Gasteiger partial charge < -0.3 is 9.47 Å². The molecule has 1 aromatic carbocycles. The highest BCUT2D eigenvalue weighted by Crippen LogP contribution is 2.23. The molecule has 15 heavy (non-hydrogen) atoms. The molecule has 1 radical (unpaired) electrons. The van der Waals surface area contributed by atoms with Crippen LogP contribution in [0.5, 0.6) is 5.75 Å². The molecule has 0 amide bonds. The molecule has 0 atom stereocenters. The van der Waals surface area contributed by atoms with Crippen LogP contribution < -0.4 is 4.74 Å². The van der Waals surface area contributed by atoms with Crippen LogP contribution in [0.4, 0.5) is 13.2 Å². The Morgan fingerprint density at radius 2 is 2.07 bits per heavy atom. The van der Waals surface area contributed by atoms with E-state index in [1.54, 1.807) is 0 Å². The molecule has 0 aliphatic heterocycles. The number of rotatable bonds is 2. The summed E-state index contributed by atoms with van der Waals surface area (Å²) < 4.78 is 43.3. The lowest BCUT2D eigenvalue weighted by molar-refractivity contribution is -0.274. The number of hydrogen-bond acceptors (Lipinski definition) is 3. The molecule has 0 aromatic heterocycles. The fraction of sp³-hybridized carbons (Fsp3) is 0.222. The second kappa shape index (κ2) is 4.20. The monoisotopic (exact) mass is 219 g/mol. The molecule has 0 spiro atoms. The maximum absolute atomic E-state index is 11.8. The van der Waals surface area contributed by atoms with Crippen molar-refractivity contribution in [3.63, 3.8) is 0 Å². The molecule has 0 unspecified atom stereocenters. The van der Waals surface area contributed by atoms with E-state index in [4.69, 9.17) is 0 Å². The SMILES string of the molecule is COC(=O)c1c[c]cc(OC(F)(F)F)c1. The molecule has 1 aromatic rings. The number of methoxy groups -OCH3 is 1. The predicted octanol–water partition coefficient (Wildman–Crippen LogP) is 2.17. The summed E-state index contributed by atoms with van der Waals surface area (Å²) in [7, 11) is 1.12. The molecule has 6 heteroatoms. The maximum Gasteiger partial charge on any atom is 0.573 e. The summed E-state index contributed by atoms with van der Waals surface area (Å²) in [6.07, 6.45) is -4.79. The van der Waals surface area contributed by atoms with E-state index in [0.29, 0.717) is 0 Å². The minimum absolute atomic E-state index is 0.0562. The van der Waals surface area contributed by atoms with Crippen molar-refractivity contribution >= 4 is 5.97 Å². The van der Waals surface area contributed by atoms with Gasteiger partial charge in [0, 0.05) is 0 Å². The average Bonchev–Trinajstić information content (AvgIpc) is 2.14. The Kier molecular flexibility index (Phi) is 3.18. The Morgan fingerprint density at radius 1 is 1.40 bits per heavy atom. The lowest BCUT2D eigenvalue weighted by Gasteiger charge is -2.08. The Morgan fingerprint density at radius 3 is 2.60 bits per heavy atom. The zero-order valence-corrected chi connectivity index (χ0v) is 7.59. The third-order valence-corrected chi connectivity index (χ3v) is 1.42. The second-order valence-electron chi connectivity index (χ2n) is 2.50. The number of carbonyl (C=O) groups is 1. The molecule has 0 heterocycles. The van der Waals surface area contributed by atoms with Crippen LogP contribution >= 0.6 is 0 Å². The first-order chi connectivity index (χ1) is 6.92. The first kappa shape index (κ1) is 11.4. The number of hydrogen-bond donors (Lipinski definition) is 0. The summed E-state index contributed by atoms with van der Waals surface area (Å²) in [5.74, 6) is -1.26. The van der Waals surface area contributed by atoms with Crippen molar-refractivity contribution in [2.45, 2.75) is 6.36 Å². The van der Waals surface area contributed by atoms with Gasteiger partial charge in [0.2, 0.25) is 0 Å². The second-order valence-corrected chi connectivity index (χ2v) is 2.50. The minimum atomic E-state index is -4.79. The predicted molar refractivity (Wildman–Crippen MR) is 43.3 cm³/mol. The molecule has 0 aliphatic carbocycles. The number of alkyl halides is 3. The molecule has 0 saturated heterocycles. The molecule has 0 saturated carbocycles. The summed E-state index contributed by atoms with van der Waals surface area (Å²) in [6.45, 7) is 0. The molecule has 0 N–H and O–H groups in total. The Labute approximate surface area is 83.4 Å². The number of esters is 1. The lowest BCUT2D eigenvalue weighted by atomic mass is 10.2. The fourth-order valence-electron chi connectivity index (χ4n) is 0.878. The normalized spacial score (nSPS) is 10.9. The van der Waals surface area contributed by atoms with Crippen LogP contribution in [0.2, 0.25) is 0 Å². The van der Waals surface area contributed by atoms with Crippen molar-refractivity contribution in [3.8, 4) is 5.75 Å². The zero-order chi connectivity index (χ0) is 11.5. The van der Waals surface area contributed by atoms with Gasteiger partial charge in [0.05, 0.1) is 12.7 Å². The standard InChI is InChI=1S/C9H6F3O3/c1-14-8(13)6-3-2-4-7(5-6)15-9(10,11)12/h3-5H,1H3. The van der Waals surface area contributed by atoms with E-state index in [2.05, 4.69) is 15.5 Å². The fourth-order valence-corrected chi connectivity index (χ4v) is 0.878. The van der Waals surface area contributed by atoms with E-state index >= 15 is 0 Å². The minimum Gasteiger partial charge on any atom is -0.465 e. The van der Waals surface area contributed by atoms with Crippen molar-refractivity contribution in [1.82, 2.24) is 0 Å². The van der Waals surface area contributed by atoms with Gasteiger partial charge in [0.15, 0.2) is 0 Å². The number of carbonyl (C=O) groups excluding carboxylic acids is 1. The number of ether oxygens (including phenoxy) is 2. The van der Waals surface area contributed by atoms with Crippen LogP contribution in [0.15, 0.2) is 18.2 Å². The quantitative estimate of drug-likeness (QED) is 0.715. The summed E-state index contributed by atoms with van der Waals surface area (Å²) in [6, 6.07) is 5.44. The topological polar surface area (TPSA) is 35.5 Å². The zero-order valence-electron chi connectivity index (χ0n) is 7.59. The van der Waals surface area contributed by atoms with Crippen LogP contribution in [0.25, 0.3) is 0 Å². The van der Waals surface area contributed by atoms with Crippen molar-refractivity contribution in [2.24, 2.45) is 0 Å². The Balaban J connectivity index is 2.88. The van der Waals surface area contributed by atoms with E-state index in [-0.39, 0.29) is 5.56 Å². The molecular formula is C9H6F3O3. The van der Waals surface area contributed by atoms with Gasteiger partial charge >= 0.3 is 12.3 Å². The third kappa shape index (κ3) is 3.49. The summed E-state index contributed by atoms with van der Waals surface area (Å²) in [5.41, 5.74) is -0.0562. The van der Waals surface area contributed by atoms with Crippen molar-refractivity contribution in [1.29, 1.82) is 0 Å². The Hall–Kier alpha value is -1.72. The van der Waals surface area contributed by atoms with Gasteiger partial charge in [-0.1, -0.05) is 0 Å². The summed E-state index contributed by atoms with van der Waals surface area (Å²) in [5, 5.41) is 0. The number of halogens is 3. The van der Waals surface area contributed by atoms with Crippen molar-refractivity contribution in [3.05, 3.63) is 29.8 Å². The summed E-state index contributed by atoms with van der Waals surface area (Å²) >= 11 is 0. The van der Waals surface area contributed by atoms with Gasteiger partial charge in [-0.05, 0) is 24.3 Å². The molecule has 3 nitrogen and oxygen atoms in total. The molecule has 0 fully saturated rings. The van der Waals surface area contributed by atoms with E-state index in [1.165, 1.54) is 6.07 Å². The molecule has 0 bridgehead atoms. The van der Waals surface area contributed by atoms with Crippen LogP contribution in [0, 0.1) is 6.07 Å². The van der Waals surface area contributed by atoms with Gasteiger partial charge in [-0.15, -0.1) is 13.2 Å². The first-order valence-corrected chi connectivity index (χ1v) is 3.77. The Bertz CT molecular complexity index is 360. The van der Waals surface area contributed by atoms with Crippen LogP contribution in [0.3, 0.4) is 0 Å². The summed E-state index contributed by atoms with van der Waals surface area (Å²) in [4.78, 5) is 11.0. The van der Waals surface area contributed by atoms with E-state index in [9.17, 15) is 18.0 Å². The molecule has 0 aliphatic rings. The van der Waals surface area contributed by atoms with Gasteiger partial charge in [0.1, 0.15) is 5.75 Å². The van der Waals surface area contributed by atoms with Crippen LogP contribution in [0.1, 0.15) is 10.4 Å². The highest BCUT2D eigenvalue weighted by Gasteiger charge is 2.31. The smallest absolute Gasteiger partial charge is 0.465 e. The van der Waals surface area contributed by atoms with E-state index in [1.807, 2.05) is 0 Å². The van der Waals surface area contributed by atoms with E-state index < -0.39 is 18.1 Å². The highest BCUT2D eigenvalue weighted by molar-refractivity contribution is 5.89. The maximum atomic E-state index is 11.8. The molecule has 81 valence electrons. The lowest BCUT2D eigenvalue weighted by Crippen LogP contribution is -2.17. The highest BCUT2D eigenvalue weighted by atomic mass is 19.4. The van der Waals surface area contributed by atoms with Gasteiger partial charge in [-0.2, -0.15) is 0 Å². The van der Waals surface area contributed by atoms with Crippen molar-refractivity contribution < 1.29 is 27.4 Å². The molecule has 1 rings (SSSR count). The van der Waals surface area contributed by atoms with Crippen LogP contribution in [-0.2, 0) is 4.74 Å².